The number of benzene rings is 3. The minimum Gasteiger partial charge on any atom is -0.454 e. The van der Waals surface area contributed by atoms with E-state index in [0.717, 1.165) is 11.1 Å². The third-order valence-electron chi connectivity index (χ3n) is 5.15. The molecule has 3 aromatic rings. The molecule has 5 nitrogen and oxygen atoms in total. The molecule has 0 saturated carbocycles. The van der Waals surface area contributed by atoms with Crippen molar-refractivity contribution in [3.63, 3.8) is 0 Å². The van der Waals surface area contributed by atoms with Crippen molar-refractivity contribution in [3.05, 3.63) is 101 Å². The highest BCUT2D eigenvalue weighted by Crippen LogP contribution is 2.38. The van der Waals surface area contributed by atoms with Gasteiger partial charge in [-0.05, 0) is 35.5 Å². The van der Waals surface area contributed by atoms with Gasteiger partial charge in [0, 0.05) is 5.56 Å². The molecule has 3 aromatic carbocycles. The number of carbonyl (C=O) groups excluding carboxylic acids is 1. The summed E-state index contributed by atoms with van der Waals surface area (Å²) in [6.45, 7) is 0.192. The summed E-state index contributed by atoms with van der Waals surface area (Å²) in [7, 11) is 0. The number of thiocarbonyl (C=S) groups is 1. The molecule has 0 amide bonds. The van der Waals surface area contributed by atoms with Gasteiger partial charge in [0.15, 0.2) is 22.4 Å². The summed E-state index contributed by atoms with van der Waals surface area (Å²) in [5, 5.41) is 6.94. The number of ether oxygens (including phenoxy) is 2. The Morgan fingerprint density at radius 3 is 2.37 bits per heavy atom. The predicted molar refractivity (Wildman–Crippen MR) is 118 cm³/mol. The maximum Gasteiger partial charge on any atom is 0.231 e. The Bertz CT molecular complexity index is 1160. The summed E-state index contributed by atoms with van der Waals surface area (Å²) in [5.74, 6) is 1.28. The van der Waals surface area contributed by atoms with Crippen LogP contribution in [0.3, 0.4) is 0 Å². The van der Waals surface area contributed by atoms with Crippen molar-refractivity contribution in [1.29, 1.82) is 0 Å². The number of fused-ring (bicyclic) bond motifs is 1. The van der Waals surface area contributed by atoms with Crippen molar-refractivity contribution >= 4 is 28.8 Å². The lowest BCUT2D eigenvalue weighted by molar-refractivity contribution is 0.102. The molecule has 0 saturated heterocycles. The Morgan fingerprint density at radius 1 is 0.900 bits per heavy atom. The van der Waals surface area contributed by atoms with Crippen LogP contribution in [0.1, 0.15) is 27.5 Å². The second-order valence-corrected chi connectivity index (χ2v) is 7.40. The molecule has 0 aliphatic carbocycles. The molecule has 0 spiro atoms. The molecule has 148 valence electrons. The van der Waals surface area contributed by atoms with E-state index in [1.807, 2.05) is 78.9 Å². The van der Waals surface area contributed by atoms with Gasteiger partial charge in [-0.3, -0.25) is 4.79 Å². The number of rotatable bonds is 4. The lowest BCUT2D eigenvalue weighted by Gasteiger charge is -2.32. The molecule has 30 heavy (non-hydrogen) atoms. The zero-order valence-electron chi connectivity index (χ0n) is 15.9. The van der Waals surface area contributed by atoms with Gasteiger partial charge < -0.3 is 20.1 Å². The molecular weight excluding hydrogens is 396 g/mol. The van der Waals surface area contributed by atoms with Crippen LogP contribution in [0.25, 0.3) is 5.70 Å². The van der Waals surface area contributed by atoms with Crippen molar-refractivity contribution < 1.29 is 14.3 Å². The standard InChI is InChI=1S/C24H18N2O3S/c27-23(16-9-5-2-6-10-16)20-21(15-7-3-1-4-8-15)25-24(30)26-22(20)17-11-12-18-19(13-17)29-14-28-18/h1-13,22H,14H2,(H2,25,26,30)/t22-/m1/s1. The van der Waals surface area contributed by atoms with Crippen LogP contribution >= 0.6 is 12.2 Å². The number of hydrogen-bond acceptors (Lipinski definition) is 4. The van der Waals surface area contributed by atoms with E-state index in [-0.39, 0.29) is 12.6 Å². The maximum atomic E-state index is 13.7. The molecule has 2 N–H and O–H groups in total. The van der Waals surface area contributed by atoms with Gasteiger partial charge in [0.25, 0.3) is 0 Å². The van der Waals surface area contributed by atoms with Gasteiger partial charge in [-0.25, -0.2) is 0 Å². The van der Waals surface area contributed by atoms with Crippen LogP contribution in [0.2, 0.25) is 0 Å². The fourth-order valence-electron chi connectivity index (χ4n) is 3.73. The summed E-state index contributed by atoms with van der Waals surface area (Å²) in [5.41, 5.74) is 3.68. The van der Waals surface area contributed by atoms with Gasteiger partial charge in [-0.1, -0.05) is 66.7 Å². The Kier molecular flexibility index (Phi) is 4.69. The van der Waals surface area contributed by atoms with Gasteiger partial charge in [0.2, 0.25) is 6.79 Å². The van der Waals surface area contributed by atoms with Crippen LogP contribution < -0.4 is 20.1 Å². The number of ketones is 1. The molecular formula is C24H18N2O3S. The number of nitrogens with one attached hydrogen (secondary N) is 2. The molecule has 2 heterocycles. The minimum absolute atomic E-state index is 0.0698. The second kappa shape index (κ2) is 7.65. The first-order valence-electron chi connectivity index (χ1n) is 9.57. The fraction of sp³-hybridized carbons (Fsp3) is 0.0833. The molecule has 0 unspecified atom stereocenters. The molecule has 0 bridgehead atoms. The van der Waals surface area contributed by atoms with Crippen LogP contribution in [0.15, 0.2) is 84.4 Å². The molecule has 6 heteroatoms. The number of carbonyl (C=O) groups is 1. The topological polar surface area (TPSA) is 59.6 Å². The van der Waals surface area contributed by atoms with Crippen molar-refractivity contribution in [2.75, 3.05) is 6.79 Å². The van der Waals surface area contributed by atoms with E-state index in [0.29, 0.717) is 33.4 Å². The molecule has 2 aliphatic rings. The maximum absolute atomic E-state index is 13.7. The molecule has 2 aliphatic heterocycles. The Balaban J connectivity index is 1.69. The van der Waals surface area contributed by atoms with Crippen LogP contribution in [-0.4, -0.2) is 17.7 Å². The summed E-state index contributed by atoms with van der Waals surface area (Å²) in [4.78, 5) is 13.7. The first-order valence-corrected chi connectivity index (χ1v) is 9.98. The average molecular weight is 414 g/mol. The van der Waals surface area contributed by atoms with Gasteiger partial charge in [-0.2, -0.15) is 0 Å². The van der Waals surface area contributed by atoms with Gasteiger partial charge in [0.1, 0.15) is 0 Å². The van der Waals surface area contributed by atoms with Crippen LogP contribution in [0.4, 0.5) is 0 Å². The first-order chi connectivity index (χ1) is 14.7. The van der Waals surface area contributed by atoms with Crippen molar-refractivity contribution in [1.82, 2.24) is 10.6 Å². The minimum atomic E-state index is -0.434. The lowest BCUT2D eigenvalue weighted by atomic mass is 9.87. The van der Waals surface area contributed by atoms with Crippen molar-refractivity contribution in [2.24, 2.45) is 0 Å². The Morgan fingerprint density at radius 2 is 1.60 bits per heavy atom. The van der Waals surface area contributed by atoms with Gasteiger partial charge >= 0.3 is 0 Å². The largest absolute Gasteiger partial charge is 0.454 e. The van der Waals surface area contributed by atoms with E-state index in [4.69, 9.17) is 21.7 Å². The highest BCUT2D eigenvalue weighted by Gasteiger charge is 2.33. The Hall–Kier alpha value is -3.64. The van der Waals surface area contributed by atoms with E-state index in [9.17, 15) is 4.79 Å². The summed E-state index contributed by atoms with van der Waals surface area (Å²) >= 11 is 5.49. The van der Waals surface area contributed by atoms with Gasteiger partial charge in [0.05, 0.1) is 17.3 Å². The summed E-state index contributed by atoms with van der Waals surface area (Å²) in [6, 6.07) is 24.3. The average Bonchev–Trinajstić information content (AvgIpc) is 3.27. The number of Topliss-reactive ketones (excluding diaryl/α,β-unsaturated/α-hetero) is 1. The van der Waals surface area contributed by atoms with E-state index in [2.05, 4.69) is 10.6 Å². The smallest absolute Gasteiger partial charge is 0.231 e. The zero-order valence-corrected chi connectivity index (χ0v) is 16.7. The summed E-state index contributed by atoms with van der Waals surface area (Å²) < 4.78 is 11.0. The molecule has 1 atom stereocenters. The van der Waals surface area contributed by atoms with Crippen LogP contribution in [0, 0.1) is 0 Å². The fourth-order valence-corrected chi connectivity index (χ4v) is 3.95. The van der Waals surface area contributed by atoms with Crippen LogP contribution in [-0.2, 0) is 0 Å². The van der Waals surface area contributed by atoms with E-state index in [1.54, 1.807) is 0 Å². The lowest BCUT2D eigenvalue weighted by Crippen LogP contribution is -2.44. The monoisotopic (exact) mass is 414 g/mol. The predicted octanol–water partition coefficient (Wildman–Crippen LogP) is 4.23. The quantitative estimate of drug-likeness (QED) is 0.492. The molecule has 0 radical (unpaired) electrons. The second-order valence-electron chi connectivity index (χ2n) is 6.99. The SMILES string of the molecule is O=C(C1=C(c2ccccc2)NC(=S)N[C@@H]1c1ccc2c(c1)OCO2)c1ccccc1. The van der Waals surface area contributed by atoms with Crippen molar-refractivity contribution in [2.45, 2.75) is 6.04 Å². The zero-order chi connectivity index (χ0) is 20.5. The van der Waals surface area contributed by atoms with E-state index in [1.165, 1.54) is 0 Å². The van der Waals surface area contributed by atoms with Gasteiger partial charge in [-0.15, -0.1) is 0 Å². The van der Waals surface area contributed by atoms with Crippen LogP contribution in [0.5, 0.6) is 11.5 Å². The summed E-state index contributed by atoms with van der Waals surface area (Å²) in [6.07, 6.45) is 0. The third-order valence-corrected chi connectivity index (χ3v) is 5.36. The van der Waals surface area contributed by atoms with E-state index >= 15 is 0 Å². The number of hydrogen-bond donors (Lipinski definition) is 2. The van der Waals surface area contributed by atoms with Crippen molar-refractivity contribution in [3.8, 4) is 11.5 Å². The molecule has 0 aromatic heterocycles. The first kappa shape index (κ1) is 18.4. The third kappa shape index (κ3) is 3.31. The highest BCUT2D eigenvalue weighted by molar-refractivity contribution is 7.80. The normalized spacial score (nSPS) is 17.3. The Labute approximate surface area is 179 Å². The molecule has 5 rings (SSSR count). The highest BCUT2D eigenvalue weighted by atomic mass is 32.1. The molecule has 0 fully saturated rings. The van der Waals surface area contributed by atoms with E-state index < -0.39 is 6.04 Å².